The summed E-state index contributed by atoms with van der Waals surface area (Å²) in [6.45, 7) is 1.93. The summed E-state index contributed by atoms with van der Waals surface area (Å²) in [6, 6.07) is 13.1. The first-order valence-corrected chi connectivity index (χ1v) is 6.61. The molecule has 2 aromatic carbocycles. The Morgan fingerprint density at radius 1 is 1.16 bits per heavy atom. The molecule has 3 nitrogen and oxygen atoms in total. The Bertz CT molecular complexity index is 809. The molecule has 0 N–H and O–H groups in total. The van der Waals surface area contributed by atoms with Crippen molar-refractivity contribution in [1.29, 1.82) is 0 Å². The highest BCUT2D eigenvalue weighted by molar-refractivity contribution is 9.10. The Morgan fingerprint density at radius 2 is 1.89 bits per heavy atom. The van der Waals surface area contributed by atoms with Gasteiger partial charge in [-0.25, -0.2) is 9.78 Å². The molecule has 94 valence electrons. The van der Waals surface area contributed by atoms with Gasteiger partial charge < -0.3 is 4.42 Å². The second kappa shape index (κ2) is 4.63. The molecule has 0 atom stereocenters. The largest absolute Gasteiger partial charge is 0.403 e. The van der Waals surface area contributed by atoms with E-state index in [0.717, 1.165) is 15.6 Å². The maximum absolute atomic E-state index is 12.0. The Balaban J connectivity index is 2.34. The summed E-state index contributed by atoms with van der Waals surface area (Å²) < 4.78 is 6.10. The maximum Gasteiger partial charge on any atom is 0.347 e. The van der Waals surface area contributed by atoms with Crippen LogP contribution in [0.4, 0.5) is 0 Å². The summed E-state index contributed by atoms with van der Waals surface area (Å²) in [6.07, 6.45) is 0. The first-order valence-electron chi connectivity index (χ1n) is 5.81. The fourth-order valence-corrected chi connectivity index (χ4v) is 2.64. The van der Waals surface area contributed by atoms with Crippen LogP contribution in [-0.2, 0) is 0 Å². The Labute approximate surface area is 118 Å². The molecule has 0 amide bonds. The molecule has 3 aromatic rings. The summed E-state index contributed by atoms with van der Waals surface area (Å²) in [4.78, 5) is 16.5. The summed E-state index contributed by atoms with van der Waals surface area (Å²) in [7, 11) is 0. The van der Waals surface area contributed by atoms with Crippen LogP contribution < -0.4 is 5.63 Å². The van der Waals surface area contributed by atoms with E-state index in [-0.39, 0.29) is 5.63 Å². The number of hydrogen-bond donors (Lipinski definition) is 0. The van der Waals surface area contributed by atoms with Gasteiger partial charge in [0.2, 0.25) is 5.89 Å². The van der Waals surface area contributed by atoms with Gasteiger partial charge >= 0.3 is 5.63 Å². The van der Waals surface area contributed by atoms with Crippen LogP contribution >= 0.6 is 15.9 Å². The van der Waals surface area contributed by atoms with E-state index >= 15 is 0 Å². The molecule has 0 radical (unpaired) electrons. The van der Waals surface area contributed by atoms with Crippen LogP contribution in [0.1, 0.15) is 5.56 Å². The summed E-state index contributed by atoms with van der Waals surface area (Å²) in [5.74, 6) is 0.336. The van der Waals surface area contributed by atoms with E-state index in [2.05, 4.69) is 20.9 Å². The van der Waals surface area contributed by atoms with Crippen molar-refractivity contribution in [1.82, 2.24) is 4.98 Å². The van der Waals surface area contributed by atoms with Crippen molar-refractivity contribution < 1.29 is 4.42 Å². The van der Waals surface area contributed by atoms with Crippen LogP contribution in [0.5, 0.6) is 0 Å². The second-order valence-corrected chi connectivity index (χ2v) is 5.17. The predicted molar refractivity (Wildman–Crippen MR) is 78.2 cm³/mol. The first-order chi connectivity index (χ1) is 9.15. The van der Waals surface area contributed by atoms with E-state index in [4.69, 9.17) is 4.42 Å². The third-order valence-electron chi connectivity index (χ3n) is 2.85. The minimum absolute atomic E-state index is 0.336. The molecule has 0 aliphatic heterocycles. The smallest absolute Gasteiger partial charge is 0.347 e. The lowest BCUT2D eigenvalue weighted by atomic mass is 10.1. The van der Waals surface area contributed by atoms with Gasteiger partial charge in [-0.15, -0.1) is 0 Å². The Hall–Kier alpha value is -1.94. The molecule has 0 aliphatic rings. The van der Waals surface area contributed by atoms with E-state index in [1.807, 2.05) is 43.3 Å². The van der Waals surface area contributed by atoms with Crippen LogP contribution in [0.25, 0.3) is 22.4 Å². The number of halogens is 1. The van der Waals surface area contributed by atoms with Gasteiger partial charge in [-0.3, -0.25) is 0 Å². The van der Waals surface area contributed by atoms with Gasteiger partial charge in [0.05, 0.1) is 10.9 Å². The molecular formula is C15H10BrNO2. The molecule has 0 unspecified atom stereocenters. The molecule has 0 spiro atoms. The highest BCUT2D eigenvalue weighted by atomic mass is 79.9. The number of aryl methyl sites for hydroxylation is 1. The molecule has 0 bridgehead atoms. The molecule has 3 rings (SSSR count). The zero-order valence-corrected chi connectivity index (χ0v) is 11.8. The van der Waals surface area contributed by atoms with Gasteiger partial charge in [-0.1, -0.05) is 18.2 Å². The zero-order valence-electron chi connectivity index (χ0n) is 10.2. The van der Waals surface area contributed by atoms with Crippen molar-refractivity contribution in [2.75, 3.05) is 0 Å². The van der Waals surface area contributed by atoms with Gasteiger partial charge in [0.1, 0.15) is 0 Å². The molecular weight excluding hydrogens is 306 g/mol. The highest BCUT2D eigenvalue weighted by Crippen LogP contribution is 2.25. The highest BCUT2D eigenvalue weighted by Gasteiger charge is 2.11. The maximum atomic E-state index is 12.0. The monoisotopic (exact) mass is 315 g/mol. The molecule has 1 aromatic heterocycles. The van der Waals surface area contributed by atoms with E-state index in [0.29, 0.717) is 16.8 Å². The molecule has 4 heteroatoms. The average Bonchev–Trinajstić information content (AvgIpc) is 2.41. The van der Waals surface area contributed by atoms with Crippen LogP contribution in [0.15, 0.2) is 56.1 Å². The van der Waals surface area contributed by atoms with Crippen molar-refractivity contribution in [3.63, 3.8) is 0 Å². The average molecular weight is 316 g/mol. The van der Waals surface area contributed by atoms with Crippen LogP contribution in [0.2, 0.25) is 0 Å². The van der Waals surface area contributed by atoms with Gasteiger partial charge in [-0.05, 0) is 52.7 Å². The number of rotatable bonds is 1. The standard InChI is InChI=1S/C15H10BrNO2/c1-9-7-11-13(12(16)8-9)17-14(19-15(11)18)10-5-3-2-4-6-10/h2-8H,1H3. The Kier molecular flexibility index (Phi) is 2.95. The lowest BCUT2D eigenvalue weighted by molar-refractivity contribution is 0.518. The summed E-state index contributed by atoms with van der Waals surface area (Å²) in [5, 5.41) is 0.492. The molecule has 0 saturated carbocycles. The second-order valence-electron chi connectivity index (χ2n) is 4.32. The van der Waals surface area contributed by atoms with Crippen LogP contribution in [0, 0.1) is 6.92 Å². The normalized spacial score (nSPS) is 10.8. The zero-order chi connectivity index (χ0) is 13.4. The molecule has 0 saturated heterocycles. The number of nitrogens with zero attached hydrogens (tertiary/aromatic N) is 1. The number of fused-ring (bicyclic) bond motifs is 1. The molecule has 0 aliphatic carbocycles. The fourth-order valence-electron chi connectivity index (χ4n) is 1.98. The van der Waals surface area contributed by atoms with Crippen molar-refractivity contribution in [3.8, 4) is 11.5 Å². The van der Waals surface area contributed by atoms with Gasteiger partial charge in [0.15, 0.2) is 0 Å². The minimum Gasteiger partial charge on any atom is -0.403 e. The Morgan fingerprint density at radius 3 is 2.63 bits per heavy atom. The van der Waals surface area contributed by atoms with Gasteiger partial charge in [0.25, 0.3) is 0 Å². The van der Waals surface area contributed by atoms with Crippen molar-refractivity contribution in [2.24, 2.45) is 0 Å². The number of benzene rings is 2. The van der Waals surface area contributed by atoms with Gasteiger partial charge in [0, 0.05) is 10.0 Å². The molecule has 19 heavy (non-hydrogen) atoms. The van der Waals surface area contributed by atoms with Crippen molar-refractivity contribution in [2.45, 2.75) is 6.92 Å². The van der Waals surface area contributed by atoms with E-state index in [9.17, 15) is 4.79 Å². The minimum atomic E-state index is -0.367. The first kappa shape index (κ1) is 12.1. The predicted octanol–water partition coefficient (Wildman–Crippen LogP) is 3.93. The molecule has 0 fully saturated rings. The summed E-state index contributed by atoms with van der Waals surface area (Å²) in [5.41, 5.74) is 2.03. The van der Waals surface area contributed by atoms with Crippen LogP contribution in [0.3, 0.4) is 0 Å². The lowest BCUT2D eigenvalue weighted by Crippen LogP contribution is -2.03. The number of aromatic nitrogens is 1. The van der Waals surface area contributed by atoms with Crippen molar-refractivity contribution in [3.05, 3.63) is 62.9 Å². The third kappa shape index (κ3) is 2.19. The number of hydrogen-bond acceptors (Lipinski definition) is 3. The summed E-state index contributed by atoms with van der Waals surface area (Å²) >= 11 is 3.45. The van der Waals surface area contributed by atoms with Gasteiger partial charge in [-0.2, -0.15) is 0 Å². The van der Waals surface area contributed by atoms with Crippen molar-refractivity contribution >= 4 is 26.8 Å². The van der Waals surface area contributed by atoms with E-state index < -0.39 is 0 Å². The van der Waals surface area contributed by atoms with E-state index in [1.165, 1.54) is 0 Å². The fraction of sp³-hybridized carbons (Fsp3) is 0.0667. The third-order valence-corrected chi connectivity index (χ3v) is 3.46. The van der Waals surface area contributed by atoms with Crippen LogP contribution in [-0.4, -0.2) is 4.98 Å². The SMILES string of the molecule is Cc1cc(Br)c2nc(-c3ccccc3)oc(=O)c2c1. The molecule has 1 heterocycles. The quantitative estimate of drug-likeness (QED) is 0.683. The van der Waals surface area contributed by atoms with E-state index in [1.54, 1.807) is 6.07 Å². The lowest BCUT2D eigenvalue weighted by Gasteiger charge is -2.04. The topological polar surface area (TPSA) is 43.1 Å².